The van der Waals surface area contributed by atoms with Gasteiger partial charge in [-0.3, -0.25) is 4.79 Å². The average Bonchev–Trinajstić information content (AvgIpc) is 3.14. The first-order valence-corrected chi connectivity index (χ1v) is 9.43. The highest BCUT2D eigenvalue weighted by Gasteiger charge is 2.24. The van der Waals surface area contributed by atoms with Crippen LogP contribution in [0.1, 0.15) is 38.1 Å². The number of ether oxygens (including phenoxy) is 2. The summed E-state index contributed by atoms with van der Waals surface area (Å²) in [6.07, 6.45) is 0. The maximum Gasteiger partial charge on any atom is 0.252 e. The monoisotopic (exact) mass is 411 g/mol. The summed E-state index contributed by atoms with van der Waals surface area (Å²) in [6, 6.07) is 15.3. The molecular weight excluding hydrogens is 388 g/mol. The Bertz CT molecular complexity index is 1060. The highest BCUT2D eigenvalue weighted by Crippen LogP contribution is 2.36. The van der Waals surface area contributed by atoms with Crippen molar-refractivity contribution in [2.24, 2.45) is 5.41 Å². The van der Waals surface area contributed by atoms with Crippen molar-refractivity contribution in [1.82, 2.24) is 10.3 Å². The highest BCUT2D eigenvalue weighted by atomic mass is 35.5. The third-order valence-corrected chi connectivity index (χ3v) is 5.28. The van der Waals surface area contributed by atoms with Gasteiger partial charge >= 0.3 is 0 Å². The smallest absolute Gasteiger partial charge is 0.252 e. The summed E-state index contributed by atoms with van der Waals surface area (Å²) in [6.45, 7) is 8.59. The lowest BCUT2D eigenvalue weighted by molar-refractivity contribution is -0.0000160. The van der Waals surface area contributed by atoms with E-state index in [2.05, 4.69) is 26.1 Å². The van der Waals surface area contributed by atoms with Gasteiger partial charge in [0, 0.05) is 17.0 Å². The van der Waals surface area contributed by atoms with E-state index in [1.807, 2.05) is 55.5 Å². The molecule has 2 aromatic carbocycles. The van der Waals surface area contributed by atoms with Crippen LogP contribution in [0.3, 0.4) is 0 Å². The van der Waals surface area contributed by atoms with Crippen molar-refractivity contribution in [2.45, 2.75) is 33.7 Å². The summed E-state index contributed by atoms with van der Waals surface area (Å²) in [5, 5.41) is 3.98. The van der Waals surface area contributed by atoms with Crippen LogP contribution in [-0.2, 0) is 0 Å². The van der Waals surface area contributed by atoms with Gasteiger partial charge in [0.05, 0.1) is 16.8 Å². The van der Waals surface area contributed by atoms with Gasteiger partial charge in [-0.1, -0.05) is 39.0 Å². The second-order valence-corrected chi connectivity index (χ2v) is 8.20. The molecule has 152 valence electrons. The number of carbonyl (C=O) groups excluding carboxylic acids is 1. The molecule has 0 saturated carbocycles. The minimum absolute atomic E-state index is 0. The molecule has 1 aliphatic heterocycles. The number of rotatable bonds is 3. The zero-order chi connectivity index (χ0) is 19.9. The predicted octanol–water partition coefficient (Wildman–Crippen LogP) is 1.80. The van der Waals surface area contributed by atoms with Crippen LogP contribution in [0.5, 0.6) is 11.5 Å². The fraction of sp³-hybridized carbons (Fsp3) is 0.304. The Morgan fingerprint density at radius 2 is 1.79 bits per heavy atom. The van der Waals surface area contributed by atoms with E-state index in [0.29, 0.717) is 11.3 Å². The summed E-state index contributed by atoms with van der Waals surface area (Å²) in [4.78, 5) is 17.9. The van der Waals surface area contributed by atoms with E-state index in [4.69, 9.17) is 14.5 Å². The highest BCUT2D eigenvalue weighted by molar-refractivity contribution is 6.07. The van der Waals surface area contributed by atoms with Crippen LogP contribution in [-0.4, -0.2) is 23.7 Å². The quantitative estimate of drug-likeness (QED) is 0.714. The van der Waals surface area contributed by atoms with Gasteiger partial charge in [-0.25, -0.2) is 4.98 Å². The van der Waals surface area contributed by atoms with Crippen molar-refractivity contribution in [3.8, 4) is 22.8 Å². The topological polar surface area (TPSA) is 60.5 Å². The maximum atomic E-state index is 13.1. The molecule has 3 aromatic rings. The van der Waals surface area contributed by atoms with Crippen molar-refractivity contribution in [1.29, 1.82) is 0 Å². The molecule has 6 heteroatoms. The SMILES string of the molecule is CC(NC(=O)c1cc(-c2ccc3c(c2)OCO3)nc2ccccc12)C(C)(C)C.[Cl-]. The third kappa shape index (κ3) is 4.15. The van der Waals surface area contributed by atoms with Gasteiger partial charge in [0.1, 0.15) is 0 Å². The number of aromatic nitrogens is 1. The lowest BCUT2D eigenvalue weighted by Crippen LogP contribution is -3.00. The molecule has 0 aliphatic carbocycles. The lowest BCUT2D eigenvalue weighted by atomic mass is 9.88. The molecule has 29 heavy (non-hydrogen) atoms. The molecule has 1 N–H and O–H groups in total. The summed E-state index contributed by atoms with van der Waals surface area (Å²) in [7, 11) is 0. The molecule has 2 heterocycles. The van der Waals surface area contributed by atoms with E-state index >= 15 is 0 Å². The molecule has 1 unspecified atom stereocenters. The standard InChI is InChI=1S/C23H24N2O3.ClH/c1-14(23(2,3)4)24-22(26)17-12-19(25-18-8-6-5-7-16(17)18)15-9-10-20-21(11-15)28-13-27-20;/h5-12,14H,13H2,1-4H3,(H,24,26);1H/p-1. The largest absolute Gasteiger partial charge is 1.00 e. The number of carbonyl (C=O) groups is 1. The number of pyridine rings is 1. The van der Waals surface area contributed by atoms with E-state index in [1.54, 1.807) is 0 Å². The number of benzene rings is 2. The van der Waals surface area contributed by atoms with Gasteiger partial charge in [-0.05, 0) is 42.7 Å². The Morgan fingerprint density at radius 1 is 1.07 bits per heavy atom. The Labute approximate surface area is 176 Å². The molecule has 0 radical (unpaired) electrons. The molecule has 5 nitrogen and oxygen atoms in total. The van der Waals surface area contributed by atoms with Crippen molar-refractivity contribution in [2.75, 3.05) is 6.79 Å². The number of halogens is 1. The molecule has 1 atom stereocenters. The van der Waals surface area contributed by atoms with Gasteiger partial charge in [0.15, 0.2) is 11.5 Å². The van der Waals surface area contributed by atoms with Crippen molar-refractivity contribution < 1.29 is 26.7 Å². The molecule has 0 fully saturated rings. The van der Waals surface area contributed by atoms with E-state index in [9.17, 15) is 4.79 Å². The van der Waals surface area contributed by atoms with Crippen LogP contribution in [0.4, 0.5) is 0 Å². The molecule has 1 amide bonds. The summed E-state index contributed by atoms with van der Waals surface area (Å²) >= 11 is 0. The van der Waals surface area contributed by atoms with E-state index in [1.165, 1.54) is 0 Å². The summed E-state index contributed by atoms with van der Waals surface area (Å²) < 4.78 is 10.9. The van der Waals surface area contributed by atoms with E-state index < -0.39 is 0 Å². The van der Waals surface area contributed by atoms with Crippen LogP contribution in [0.2, 0.25) is 0 Å². The van der Waals surface area contributed by atoms with Crippen molar-refractivity contribution in [3.63, 3.8) is 0 Å². The molecule has 0 spiro atoms. The lowest BCUT2D eigenvalue weighted by Gasteiger charge is -2.28. The first kappa shape index (κ1) is 20.9. The first-order valence-electron chi connectivity index (χ1n) is 9.43. The molecule has 0 bridgehead atoms. The second-order valence-electron chi connectivity index (χ2n) is 8.20. The van der Waals surface area contributed by atoms with E-state index in [-0.39, 0.29) is 36.6 Å². The zero-order valence-corrected chi connectivity index (χ0v) is 17.7. The van der Waals surface area contributed by atoms with Crippen LogP contribution in [0.25, 0.3) is 22.2 Å². The average molecular weight is 412 g/mol. The molecule has 1 aromatic heterocycles. The number of fused-ring (bicyclic) bond motifs is 2. The number of nitrogens with one attached hydrogen (secondary N) is 1. The Hall–Kier alpha value is -2.79. The minimum Gasteiger partial charge on any atom is -1.00 e. The van der Waals surface area contributed by atoms with Crippen LogP contribution in [0, 0.1) is 5.41 Å². The van der Waals surface area contributed by atoms with Crippen molar-refractivity contribution >= 4 is 16.8 Å². The Morgan fingerprint density at radius 3 is 2.55 bits per heavy atom. The third-order valence-electron chi connectivity index (χ3n) is 5.28. The molecular formula is C23H24ClN2O3-. The van der Waals surface area contributed by atoms with Gasteiger partial charge in [-0.2, -0.15) is 0 Å². The van der Waals surface area contributed by atoms with Gasteiger partial charge < -0.3 is 27.2 Å². The Balaban J connectivity index is 0.00000240. The zero-order valence-electron chi connectivity index (χ0n) is 17.0. The first-order chi connectivity index (χ1) is 13.3. The fourth-order valence-electron chi connectivity index (χ4n) is 3.06. The number of hydrogen-bond donors (Lipinski definition) is 1. The van der Waals surface area contributed by atoms with Gasteiger partial charge in [-0.15, -0.1) is 0 Å². The summed E-state index contributed by atoms with van der Waals surface area (Å²) in [5.41, 5.74) is 2.98. The van der Waals surface area contributed by atoms with Crippen molar-refractivity contribution in [3.05, 3.63) is 54.1 Å². The number of hydrogen-bond acceptors (Lipinski definition) is 4. The minimum atomic E-state index is -0.0944. The predicted molar refractivity (Wildman–Crippen MR) is 110 cm³/mol. The van der Waals surface area contributed by atoms with E-state index in [0.717, 1.165) is 27.9 Å². The normalized spacial score (nSPS) is 13.7. The maximum absolute atomic E-state index is 13.1. The van der Waals surface area contributed by atoms with Crippen LogP contribution >= 0.6 is 0 Å². The summed E-state index contributed by atoms with van der Waals surface area (Å²) in [5.74, 6) is 1.32. The number of para-hydroxylation sites is 1. The molecule has 4 rings (SSSR count). The van der Waals surface area contributed by atoms with Gasteiger partial charge in [0.2, 0.25) is 6.79 Å². The fourth-order valence-corrected chi connectivity index (χ4v) is 3.06. The molecule has 0 saturated heterocycles. The number of nitrogens with zero attached hydrogens (tertiary/aromatic N) is 1. The molecule has 1 aliphatic rings. The Kier molecular flexibility index (Phi) is 5.71. The van der Waals surface area contributed by atoms with Crippen LogP contribution in [0.15, 0.2) is 48.5 Å². The van der Waals surface area contributed by atoms with Gasteiger partial charge in [0.25, 0.3) is 5.91 Å². The van der Waals surface area contributed by atoms with Crippen LogP contribution < -0.4 is 27.2 Å². The number of amides is 1. The second kappa shape index (κ2) is 7.91.